The Bertz CT molecular complexity index is 378. The van der Waals surface area contributed by atoms with Gasteiger partial charge in [0.2, 0.25) is 0 Å². The zero-order chi connectivity index (χ0) is 13.8. The van der Waals surface area contributed by atoms with E-state index in [0.717, 1.165) is 25.2 Å². The molecule has 1 saturated heterocycles. The lowest BCUT2D eigenvalue weighted by atomic mass is 9.80. The highest BCUT2D eigenvalue weighted by Crippen LogP contribution is 2.40. The molecule has 0 atom stereocenters. The predicted octanol–water partition coefficient (Wildman–Crippen LogP) is 4.49. The van der Waals surface area contributed by atoms with Crippen LogP contribution >= 0.6 is 0 Å². The largest absolute Gasteiger partial charge is 0.345 e. The van der Waals surface area contributed by atoms with E-state index in [4.69, 9.17) is 9.47 Å². The van der Waals surface area contributed by atoms with Gasteiger partial charge in [-0.25, -0.2) is 0 Å². The molecule has 0 unspecified atom stereocenters. The maximum atomic E-state index is 6.13. The maximum absolute atomic E-state index is 6.13. The van der Waals surface area contributed by atoms with Crippen LogP contribution in [0.5, 0.6) is 0 Å². The fourth-order valence-electron chi connectivity index (χ4n) is 2.65. The van der Waals surface area contributed by atoms with E-state index >= 15 is 0 Å². The van der Waals surface area contributed by atoms with Crippen LogP contribution in [-0.4, -0.2) is 13.2 Å². The standard InChI is InChI=1S/C17H26O2/c1-4-6-12-17(5-2)13-18-16(3,19-14-17)15-10-8-7-9-11-15/h7-11H,4-6,12-14H2,1-3H3. The van der Waals surface area contributed by atoms with Crippen molar-refractivity contribution >= 4 is 0 Å². The molecule has 1 heterocycles. The third kappa shape index (κ3) is 3.18. The van der Waals surface area contributed by atoms with Crippen LogP contribution in [0.15, 0.2) is 30.3 Å². The molecule has 2 nitrogen and oxygen atoms in total. The van der Waals surface area contributed by atoms with E-state index in [0.29, 0.717) is 0 Å². The van der Waals surface area contributed by atoms with Gasteiger partial charge in [-0.05, 0) is 19.8 Å². The Morgan fingerprint density at radius 1 is 1.05 bits per heavy atom. The van der Waals surface area contributed by atoms with E-state index in [1.807, 2.05) is 25.1 Å². The summed E-state index contributed by atoms with van der Waals surface area (Å²) in [7, 11) is 0. The van der Waals surface area contributed by atoms with E-state index in [1.165, 1.54) is 19.3 Å². The van der Waals surface area contributed by atoms with Crippen molar-refractivity contribution in [3.8, 4) is 0 Å². The predicted molar refractivity (Wildman–Crippen MR) is 77.9 cm³/mol. The first-order valence-electron chi connectivity index (χ1n) is 7.47. The summed E-state index contributed by atoms with van der Waals surface area (Å²) in [5.41, 5.74) is 1.32. The third-order valence-electron chi connectivity index (χ3n) is 4.42. The van der Waals surface area contributed by atoms with Gasteiger partial charge in [-0.3, -0.25) is 0 Å². The summed E-state index contributed by atoms with van der Waals surface area (Å²) in [6.45, 7) is 8.11. The van der Waals surface area contributed by atoms with Crippen molar-refractivity contribution in [3.05, 3.63) is 35.9 Å². The first-order valence-corrected chi connectivity index (χ1v) is 7.47. The summed E-state index contributed by atoms with van der Waals surface area (Å²) in [5.74, 6) is -0.577. The van der Waals surface area contributed by atoms with Crippen molar-refractivity contribution < 1.29 is 9.47 Å². The SMILES string of the molecule is CCCCC1(CC)COC(C)(c2ccccc2)OC1. The van der Waals surface area contributed by atoms with Gasteiger partial charge in [0.15, 0.2) is 5.79 Å². The van der Waals surface area contributed by atoms with Gasteiger partial charge in [0.1, 0.15) is 0 Å². The fraction of sp³-hybridized carbons (Fsp3) is 0.647. The number of benzene rings is 1. The molecule has 0 saturated carbocycles. The summed E-state index contributed by atoms with van der Waals surface area (Å²) in [5, 5.41) is 0. The van der Waals surface area contributed by atoms with Gasteiger partial charge in [-0.15, -0.1) is 0 Å². The molecule has 2 heteroatoms. The average Bonchev–Trinajstić information content (AvgIpc) is 2.48. The lowest BCUT2D eigenvalue weighted by Gasteiger charge is -2.45. The minimum atomic E-state index is -0.577. The highest BCUT2D eigenvalue weighted by molar-refractivity contribution is 5.20. The molecule has 0 spiro atoms. The second-order valence-corrected chi connectivity index (χ2v) is 5.85. The van der Waals surface area contributed by atoms with Crippen molar-refractivity contribution in [2.24, 2.45) is 5.41 Å². The highest BCUT2D eigenvalue weighted by atomic mass is 16.7. The smallest absolute Gasteiger partial charge is 0.191 e. The molecule has 0 N–H and O–H groups in total. The molecule has 0 aromatic heterocycles. The van der Waals surface area contributed by atoms with Gasteiger partial charge < -0.3 is 9.47 Å². The number of ether oxygens (including phenoxy) is 2. The van der Waals surface area contributed by atoms with Crippen LogP contribution < -0.4 is 0 Å². The molecular weight excluding hydrogens is 236 g/mol. The first kappa shape index (κ1) is 14.5. The van der Waals surface area contributed by atoms with Crippen LogP contribution in [-0.2, 0) is 15.3 Å². The summed E-state index contributed by atoms with van der Waals surface area (Å²) in [4.78, 5) is 0. The fourth-order valence-corrected chi connectivity index (χ4v) is 2.65. The second-order valence-electron chi connectivity index (χ2n) is 5.85. The van der Waals surface area contributed by atoms with E-state index in [-0.39, 0.29) is 5.41 Å². The van der Waals surface area contributed by atoms with Gasteiger partial charge in [0, 0.05) is 11.0 Å². The second kappa shape index (κ2) is 6.06. The molecular formula is C17H26O2. The Morgan fingerprint density at radius 2 is 1.68 bits per heavy atom. The van der Waals surface area contributed by atoms with Gasteiger partial charge in [0.05, 0.1) is 13.2 Å². The van der Waals surface area contributed by atoms with Crippen LogP contribution in [0.4, 0.5) is 0 Å². The molecule has 0 aliphatic carbocycles. The van der Waals surface area contributed by atoms with E-state index in [9.17, 15) is 0 Å². The van der Waals surface area contributed by atoms with Crippen LogP contribution in [0.3, 0.4) is 0 Å². The van der Waals surface area contributed by atoms with Crippen molar-refractivity contribution in [2.45, 2.75) is 52.2 Å². The molecule has 1 aliphatic heterocycles. The molecule has 1 aromatic carbocycles. The van der Waals surface area contributed by atoms with Crippen LogP contribution in [0.1, 0.15) is 52.0 Å². The summed E-state index contributed by atoms with van der Waals surface area (Å²) in [6.07, 6.45) is 4.81. The Hall–Kier alpha value is -0.860. The number of rotatable bonds is 5. The molecule has 1 fully saturated rings. The van der Waals surface area contributed by atoms with Gasteiger partial charge in [-0.2, -0.15) is 0 Å². The average molecular weight is 262 g/mol. The lowest BCUT2D eigenvalue weighted by molar-refractivity contribution is -0.305. The number of hydrogen-bond acceptors (Lipinski definition) is 2. The van der Waals surface area contributed by atoms with Gasteiger partial charge in [0.25, 0.3) is 0 Å². The third-order valence-corrected chi connectivity index (χ3v) is 4.42. The van der Waals surface area contributed by atoms with Crippen molar-refractivity contribution in [1.82, 2.24) is 0 Å². The monoisotopic (exact) mass is 262 g/mol. The Kier molecular flexibility index (Phi) is 4.64. The van der Waals surface area contributed by atoms with Crippen molar-refractivity contribution in [2.75, 3.05) is 13.2 Å². The Morgan fingerprint density at radius 3 is 2.21 bits per heavy atom. The molecule has 0 radical (unpaired) electrons. The van der Waals surface area contributed by atoms with E-state index in [1.54, 1.807) is 0 Å². The van der Waals surface area contributed by atoms with Crippen LogP contribution in [0.25, 0.3) is 0 Å². The zero-order valence-corrected chi connectivity index (χ0v) is 12.4. The molecule has 1 aliphatic rings. The Labute approximate surface area is 117 Å². The molecule has 2 rings (SSSR count). The number of hydrogen-bond donors (Lipinski definition) is 0. The first-order chi connectivity index (χ1) is 9.14. The summed E-state index contributed by atoms with van der Waals surface area (Å²) >= 11 is 0. The van der Waals surface area contributed by atoms with Crippen LogP contribution in [0.2, 0.25) is 0 Å². The highest BCUT2D eigenvalue weighted by Gasteiger charge is 2.41. The summed E-state index contributed by atoms with van der Waals surface area (Å²) < 4.78 is 12.3. The minimum Gasteiger partial charge on any atom is -0.345 e. The lowest BCUT2D eigenvalue weighted by Crippen LogP contribution is -2.46. The summed E-state index contributed by atoms with van der Waals surface area (Å²) in [6, 6.07) is 10.2. The minimum absolute atomic E-state index is 0.213. The zero-order valence-electron chi connectivity index (χ0n) is 12.4. The normalized spacial score (nSPS) is 31.3. The van der Waals surface area contributed by atoms with Crippen molar-refractivity contribution in [1.29, 1.82) is 0 Å². The molecule has 19 heavy (non-hydrogen) atoms. The molecule has 1 aromatic rings. The number of unbranched alkanes of at least 4 members (excludes halogenated alkanes) is 1. The van der Waals surface area contributed by atoms with Crippen LogP contribution in [0, 0.1) is 5.41 Å². The molecule has 106 valence electrons. The van der Waals surface area contributed by atoms with E-state index in [2.05, 4.69) is 26.0 Å². The van der Waals surface area contributed by atoms with Crippen molar-refractivity contribution in [3.63, 3.8) is 0 Å². The maximum Gasteiger partial charge on any atom is 0.191 e. The van der Waals surface area contributed by atoms with Gasteiger partial charge >= 0.3 is 0 Å². The van der Waals surface area contributed by atoms with Gasteiger partial charge in [-0.1, -0.05) is 57.0 Å². The molecule has 0 amide bonds. The van der Waals surface area contributed by atoms with E-state index < -0.39 is 5.79 Å². The topological polar surface area (TPSA) is 18.5 Å². The quantitative estimate of drug-likeness (QED) is 0.778. The molecule has 0 bridgehead atoms. The Balaban J connectivity index is 2.05.